The molecule has 2 rings (SSSR count). The van der Waals surface area contributed by atoms with Crippen LogP contribution in [0, 0.1) is 0 Å². The first kappa shape index (κ1) is 12.4. The van der Waals surface area contributed by atoms with E-state index in [0.717, 1.165) is 0 Å². The van der Waals surface area contributed by atoms with Gasteiger partial charge in [-0.25, -0.2) is 4.79 Å². The Balaban J connectivity index is 2.03. The fourth-order valence-electron chi connectivity index (χ4n) is 1.91. The number of para-hydroxylation sites is 1. The van der Waals surface area contributed by atoms with E-state index in [0.29, 0.717) is 18.8 Å². The molecule has 0 radical (unpaired) electrons. The lowest BCUT2D eigenvalue weighted by Gasteiger charge is -2.36. The molecule has 0 N–H and O–H groups in total. The van der Waals surface area contributed by atoms with Crippen molar-refractivity contribution in [3.05, 3.63) is 30.3 Å². The smallest absolute Gasteiger partial charge is 0.410 e. The Bertz CT molecular complexity index is 447. The van der Waals surface area contributed by atoms with E-state index in [9.17, 15) is 9.59 Å². The molecular weight excluding hydrogens is 232 g/mol. The lowest BCUT2D eigenvalue weighted by molar-refractivity contribution is -0.138. The van der Waals surface area contributed by atoms with Crippen LogP contribution in [0.4, 0.5) is 4.79 Å². The zero-order chi connectivity index (χ0) is 13.1. The van der Waals surface area contributed by atoms with E-state index in [1.54, 1.807) is 43.1 Å². The molecule has 0 bridgehead atoms. The summed E-state index contributed by atoms with van der Waals surface area (Å²) in [5.41, 5.74) is 0. The van der Waals surface area contributed by atoms with Crippen LogP contribution >= 0.6 is 0 Å². The van der Waals surface area contributed by atoms with Gasteiger partial charge in [-0.2, -0.15) is 0 Å². The number of hydrogen-bond donors (Lipinski definition) is 0. The summed E-state index contributed by atoms with van der Waals surface area (Å²) in [7, 11) is 1.73. The number of carbonyl (C=O) groups excluding carboxylic acids is 2. The van der Waals surface area contributed by atoms with E-state index in [1.165, 1.54) is 4.90 Å². The summed E-state index contributed by atoms with van der Waals surface area (Å²) in [6.45, 7) is 2.74. The van der Waals surface area contributed by atoms with Crippen molar-refractivity contribution in [1.82, 2.24) is 9.80 Å². The third-order valence-electron chi connectivity index (χ3n) is 3.06. The average Bonchev–Trinajstić information content (AvgIpc) is 2.37. The van der Waals surface area contributed by atoms with Crippen molar-refractivity contribution >= 4 is 12.0 Å². The summed E-state index contributed by atoms with van der Waals surface area (Å²) < 4.78 is 5.22. The van der Waals surface area contributed by atoms with Crippen LogP contribution in [0.25, 0.3) is 0 Å². The van der Waals surface area contributed by atoms with Crippen molar-refractivity contribution in [1.29, 1.82) is 0 Å². The fourth-order valence-corrected chi connectivity index (χ4v) is 1.91. The van der Waals surface area contributed by atoms with Crippen LogP contribution in [0.2, 0.25) is 0 Å². The molecule has 0 spiro atoms. The Kier molecular flexibility index (Phi) is 3.50. The molecule has 1 unspecified atom stereocenters. The van der Waals surface area contributed by atoms with Crippen molar-refractivity contribution in [2.45, 2.75) is 13.0 Å². The highest BCUT2D eigenvalue weighted by atomic mass is 16.6. The van der Waals surface area contributed by atoms with Gasteiger partial charge in [0, 0.05) is 20.1 Å². The van der Waals surface area contributed by atoms with Crippen molar-refractivity contribution < 1.29 is 14.3 Å². The van der Waals surface area contributed by atoms with Crippen LogP contribution in [0.5, 0.6) is 5.75 Å². The number of carbonyl (C=O) groups is 2. The number of likely N-dealkylation sites (N-methyl/N-ethyl adjacent to an activating group) is 1. The summed E-state index contributed by atoms with van der Waals surface area (Å²) in [6.07, 6.45) is -0.477. The van der Waals surface area contributed by atoms with E-state index in [-0.39, 0.29) is 5.91 Å². The molecule has 1 heterocycles. The van der Waals surface area contributed by atoms with Crippen molar-refractivity contribution in [3.8, 4) is 5.75 Å². The Morgan fingerprint density at radius 3 is 2.61 bits per heavy atom. The minimum Gasteiger partial charge on any atom is -0.410 e. The van der Waals surface area contributed by atoms with Crippen LogP contribution in [0.15, 0.2) is 30.3 Å². The highest BCUT2D eigenvalue weighted by Crippen LogP contribution is 2.14. The zero-order valence-electron chi connectivity index (χ0n) is 10.5. The Morgan fingerprint density at radius 1 is 1.28 bits per heavy atom. The maximum absolute atomic E-state index is 12.0. The first-order valence-electron chi connectivity index (χ1n) is 5.88. The number of benzene rings is 1. The molecule has 0 aromatic heterocycles. The minimum absolute atomic E-state index is 0.0636. The van der Waals surface area contributed by atoms with Gasteiger partial charge in [0.1, 0.15) is 11.8 Å². The fraction of sp³-hybridized carbons (Fsp3) is 0.385. The maximum Gasteiger partial charge on any atom is 0.415 e. The number of nitrogens with zero attached hydrogens (tertiary/aromatic N) is 2. The quantitative estimate of drug-likeness (QED) is 0.753. The topological polar surface area (TPSA) is 49.9 Å². The number of ether oxygens (including phenoxy) is 1. The molecule has 0 saturated carbocycles. The minimum atomic E-state index is -0.477. The molecule has 18 heavy (non-hydrogen) atoms. The first-order valence-corrected chi connectivity index (χ1v) is 5.88. The lowest BCUT2D eigenvalue weighted by Crippen LogP contribution is -2.56. The van der Waals surface area contributed by atoms with Crippen LogP contribution in [0.1, 0.15) is 6.92 Å². The third kappa shape index (κ3) is 2.45. The monoisotopic (exact) mass is 248 g/mol. The molecule has 5 nitrogen and oxygen atoms in total. The normalized spacial score (nSPS) is 19.9. The number of hydrogen-bond acceptors (Lipinski definition) is 3. The summed E-state index contributed by atoms with van der Waals surface area (Å²) >= 11 is 0. The van der Waals surface area contributed by atoms with E-state index in [2.05, 4.69) is 0 Å². The van der Waals surface area contributed by atoms with Gasteiger partial charge in [-0.3, -0.25) is 9.69 Å². The molecule has 1 aliphatic heterocycles. The zero-order valence-corrected chi connectivity index (χ0v) is 10.5. The second-order valence-corrected chi connectivity index (χ2v) is 4.31. The summed E-state index contributed by atoms with van der Waals surface area (Å²) in [5.74, 6) is 0.423. The van der Waals surface area contributed by atoms with Crippen molar-refractivity contribution in [2.24, 2.45) is 0 Å². The molecule has 1 atom stereocenters. The van der Waals surface area contributed by atoms with E-state index in [4.69, 9.17) is 4.74 Å². The summed E-state index contributed by atoms with van der Waals surface area (Å²) in [4.78, 5) is 26.8. The highest BCUT2D eigenvalue weighted by molar-refractivity contribution is 5.86. The summed E-state index contributed by atoms with van der Waals surface area (Å²) in [5, 5.41) is 0. The Hall–Kier alpha value is -2.04. The summed E-state index contributed by atoms with van der Waals surface area (Å²) in [6, 6.07) is 8.38. The molecule has 1 aromatic rings. The standard InChI is InChI=1S/C13H16N2O3/c1-10-12(16)14(2)8-9-15(10)13(17)18-11-6-4-3-5-7-11/h3-7,10H,8-9H2,1-2H3. The molecule has 1 aromatic carbocycles. The molecule has 96 valence electrons. The molecule has 2 amide bonds. The first-order chi connectivity index (χ1) is 8.59. The van der Waals surface area contributed by atoms with Crippen molar-refractivity contribution in [3.63, 3.8) is 0 Å². The predicted octanol–water partition coefficient (Wildman–Crippen LogP) is 1.35. The molecule has 5 heteroatoms. The van der Waals surface area contributed by atoms with Gasteiger partial charge in [-0.05, 0) is 19.1 Å². The maximum atomic E-state index is 12.0. The molecule has 0 aliphatic carbocycles. The van der Waals surface area contributed by atoms with Gasteiger partial charge in [0.05, 0.1) is 0 Å². The van der Waals surface area contributed by atoms with Crippen molar-refractivity contribution in [2.75, 3.05) is 20.1 Å². The van der Waals surface area contributed by atoms with E-state index >= 15 is 0 Å². The molecular formula is C13H16N2O3. The Morgan fingerprint density at radius 2 is 1.94 bits per heavy atom. The van der Waals surface area contributed by atoms with Gasteiger partial charge in [0.25, 0.3) is 0 Å². The van der Waals surface area contributed by atoms with Gasteiger partial charge >= 0.3 is 6.09 Å². The van der Waals surface area contributed by atoms with E-state index < -0.39 is 12.1 Å². The molecule has 1 fully saturated rings. The highest BCUT2D eigenvalue weighted by Gasteiger charge is 2.33. The van der Waals surface area contributed by atoms with Gasteiger partial charge in [0.2, 0.25) is 5.91 Å². The lowest BCUT2D eigenvalue weighted by atomic mass is 10.2. The van der Waals surface area contributed by atoms with Gasteiger partial charge < -0.3 is 9.64 Å². The van der Waals surface area contributed by atoms with Crippen LogP contribution in [0.3, 0.4) is 0 Å². The molecule has 1 aliphatic rings. The number of piperazine rings is 1. The van der Waals surface area contributed by atoms with Gasteiger partial charge in [-0.15, -0.1) is 0 Å². The predicted molar refractivity (Wildman–Crippen MR) is 66.3 cm³/mol. The van der Waals surface area contributed by atoms with Crippen LogP contribution < -0.4 is 4.74 Å². The number of rotatable bonds is 1. The second kappa shape index (κ2) is 5.08. The Labute approximate surface area is 106 Å². The SMILES string of the molecule is CC1C(=O)N(C)CCN1C(=O)Oc1ccccc1. The van der Waals surface area contributed by atoms with Gasteiger partial charge in [0.15, 0.2) is 0 Å². The molecule has 1 saturated heterocycles. The van der Waals surface area contributed by atoms with Gasteiger partial charge in [-0.1, -0.05) is 18.2 Å². The van der Waals surface area contributed by atoms with Crippen LogP contribution in [-0.2, 0) is 4.79 Å². The number of amides is 2. The van der Waals surface area contributed by atoms with Crippen LogP contribution in [-0.4, -0.2) is 48.0 Å². The third-order valence-corrected chi connectivity index (χ3v) is 3.06. The average molecular weight is 248 g/mol. The second-order valence-electron chi connectivity index (χ2n) is 4.31. The van der Waals surface area contributed by atoms with E-state index in [1.807, 2.05) is 6.07 Å². The largest absolute Gasteiger partial charge is 0.415 e.